The molecule has 0 amide bonds. The zero-order chi connectivity index (χ0) is 16.8. The van der Waals surface area contributed by atoms with E-state index in [0.29, 0.717) is 0 Å². The van der Waals surface area contributed by atoms with Crippen LogP contribution in [0.4, 0.5) is 0 Å². The molecule has 0 aromatic heterocycles. The second-order valence-electron chi connectivity index (χ2n) is 3.83. The van der Waals surface area contributed by atoms with Crippen LogP contribution in [0.1, 0.15) is 41.5 Å². The summed E-state index contributed by atoms with van der Waals surface area (Å²) in [7, 11) is 0. The molecule has 0 saturated carbocycles. The van der Waals surface area contributed by atoms with Crippen LogP contribution < -0.4 is 0 Å². The van der Waals surface area contributed by atoms with Crippen molar-refractivity contribution >= 4 is 89.7 Å². The van der Waals surface area contributed by atoms with Gasteiger partial charge in [0.15, 0.2) is 0 Å². The van der Waals surface area contributed by atoms with Crippen molar-refractivity contribution < 1.29 is 0 Å². The SMILES string of the molecule is CC[Se]C([Se]CC)=C([Se]CC)C([Se]CC)=C([Se]CC)[Se]CC. The first-order chi connectivity index (χ1) is 10.7. The van der Waals surface area contributed by atoms with Crippen molar-refractivity contribution in [2.75, 3.05) is 0 Å². The standard InChI is InChI=1S/C16H30Se6/c1-7-17-13(15(19-9-3)20-10-4)14(18-8-2)16(21-11-5)22-12-6/h7-12H2,1-6H3. The molecule has 0 saturated heterocycles. The topological polar surface area (TPSA) is 0 Å². The molecule has 0 rings (SSSR count). The molecule has 0 radical (unpaired) electrons. The Morgan fingerprint density at radius 2 is 0.636 bits per heavy atom. The van der Waals surface area contributed by atoms with Gasteiger partial charge in [0.1, 0.15) is 0 Å². The van der Waals surface area contributed by atoms with Gasteiger partial charge in [-0.05, 0) is 0 Å². The summed E-state index contributed by atoms with van der Waals surface area (Å²) < 4.78 is 7.82. The first-order valence-electron chi connectivity index (χ1n) is 7.95. The van der Waals surface area contributed by atoms with Gasteiger partial charge in [-0.15, -0.1) is 0 Å². The Hall–Kier alpha value is 2.60. The summed E-state index contributed by atoms with van der Waals surface area (Å²) in [5, 5.41) is 8.36. The molecule has 0 aliphatic rings. The maximum atomic E-state index is 2.40. The van der Waals surface area contributed by atoms with Crippen LogP contribution in [0.5, 0.6) is 0 Å². The van der Waals surface area contributed by atoms with E-state index in [2.05, 4.69) is 41.5 Å². The van der Waals surface area contributed by atoms with Crippen molar-refractivity contribution in [3.63, 3.8) is 0 Å². The van der Waals surface area contributed by atoms with Crippen molar-refractivity contribution in [3.05, 3.63) is 15.7 Å². The van der Waals surface area contributed by atoms with E-state index in [0.717, 1.165) is 89.7 Å². The van der Waals surface area contributed by atoms with Crippen molar-refractivity contribution in [1.29, 1.82) is 0 Å². The third kappa shape index (κ3) is 9.92. The second-order valence-corrected chi connectivity index (χ2v) is 22.5. The molecule has 0 aliphatic carbocycles. The quantitative estimate of drug-likeness (QED) is 0.201. The maximum absolute atomic E-state index is 2.40. The summed E-state index contributed by atoms with van der Waals surface area (Å²) in [4.78, 5) is 0. The molecule has 0 nitrogen and oxygen atoms in total. The average molecular weight is 696 g/mol. The van der Waals surface area contributed by atoms with Crippen molar-refractivity contribution in [1.82, 2.24) is 0 Å². The van der Waals surface area contributed by atoms with Crippen LogP contribution in [0, 0.1) is 0 Å². The second kappa shape index (κ2) is 17.0. The van der Waals surface area contributed by atoms with Gasteiger partial charge in [0.2, 0.25) is 0 Å². The van der Waals surface area contributed by atoms with Gasteiger partial charge in [0, 0.05) is 0 Å². The Kier molecular flexibility index (Phi) is 19.0. The van der Waals surface area contributed by atoms with Crippen LogP contribution >= 0.6 is 0 Å². The molecular formula is C16H30Se6. The molecule has 22 heavy (non-hydrogen) atoms. The molecule has 0 bridgehead atoms. The summed E-state index contributed by atoms with van der Waals surface area (Å²) in [6.45, 7) is 14.4. The molecule has 0 fully saturated rings. The summed E-state index contributed by atoms with van der Waals surface area (Å²) >= 11 is 4.60. The van der Waals surface area contributed by atoms with Gasteiger partial charge in [-0.25, -0.2) is 0 Å². The zero-order valence-corrected chi connectivity index (χ0v) is 25.0. The van der Waals surface area contributed by atoms with Crippen LogP contribution in [0.3, 0.4) is 0 Å². The zero-order valence-electron chi connectivity index (χ0n) is 14.7. The van der Waals surface area contributed by atoms with E-state index in [1.807, 2.05) is 15.7 Å². The Labute approximate surface area is 177 Å². The Morgan fingerprint density at radius 1 is 0.409 bits per heavy atom. The van der Waals surface area contributed by atoms with Crippen LogP contribution in [-0.4, -0.2) is 89.7 Å². The molecular weight excluding hydrogens is 666 g/mol. The fraction of sp³-hybridized carbons (Fsp3) is 0.750. The molecule has 0 atom stereocenters. The van der Waals surface area contributed by atoms with E-state index in [9.17, 15) is 0 Å². The summed E-state index contributed by atoms with van der Waals surface area (Å²) in [6, 6.07) is 0. The normalized spacial score (nSPS) is 10.6. The number of hydrogen-bond acceptors (Lipinski definition) is 0. The van der Waals surface area contributed by atoms with Gasteiger partial charge in [-0.1, -0.05) is 0 Å². The third-order valence-corrected chi connectivity index (χ3v) is 21.1. The van der Waals surface area contributed by atoms with Crippen molar-refractivity contribution in [2.24, 2.45) is 0 Å². The van der Waals surface area contributed by atoms with Gasteiger partial charge < -0.3 is 0 Å². The molecule has 0 aromatic carbocycles. The first kappa shape index (κ1) is 24.6. The van der Waals surface area contributed by atoms with E-state index < -0.39 is 0 Å². The van der Waals surface area contributed by atoms with Crippen molar-refractivity contribution in [2.45, 2.75) is 73.5 Å². The van der Waals surface area contributed by atoms with E-state index in [4.69, 9.17) is 0 Å². The van der Waals surface area contributed by atoms with Gasteiger partial charge in [-0.3, -0.25) is 0 Å². The molecule has 130 valence electrons. The van der Waals surface area contributed by atoms with Crippen LogP contribution in [0.25, 0.3) is 0 Å². The monoisotopic (exact) mass is 702 g/mol. The van der Waals surface area contributed by atoms with Gasteiger partial charge in [-0.2, -0.15) is 0 Å². The predicted octanol–water partition coefficient (Wildman–Crippen LogP) is 4.18. The summed E-state index contributed by atoms with van der Waals surface area (Å²) in [6.07, 6.45) is 0. The predicted molar refractivity (Wildman–Crippen MR) is 111 cm³/mol. The van der Waals surface area contributed by atoms with E-state index in [1.165, 1.54) is 31.9 Å². The van der Waals surface area contributed by atoms with Gasteiger partial charge >= 0.3 is 179 Å². The molecule has 6 heteroatoms. The fourth-order valence-electron chi connectivity index (χ4n) is 1.59. The summed E-state index contributed by atoms with van der Waals surface area (Å²) in [5.74, 6) is 0. The molecule has 0 heterocycles. The van der Waals surface area contributed by atoms with Crippen LogP contribution in [-0.2, 0) is 0 Å². The van der Waals surface area contributed by atoms with E-state index in [-0.39, 0.29) is 0 Å². The Morgan fingerprint density at radius 3 is 0.818 bits per heavy atom. The van der Waals surface area contributed by atoms with Crippen molar-refractivity contribution in [3.8, 4) is 0 Å². The Balaban J connectivity index is 5.92. The molecule has 0 N–H and O–H groups in total. The average Bonchev–Trinajstić information content (AvgIpc) is 2.50. The third-order valence-electron chi connectivity index (χ3n) is 2.26. The van der Waals surface area contributed by atoms with Crippen LogP contribution in [0.15, 0.2) is 15.7 Å². The number of allylic oxidation sites excluding steroid dienone is 2. The Bertz CT molecular complexity index is 299. The first-order valence-corrected chi connectivity index (χ1v) is 20.4. The molecule has 0 aliphatic heterocycles. The minimum absolute atomic E-state index is 0.744. The number of rotatable bonds is 13. The van der Waals surface area contributed by atoms with Gasteiger partial charge in [0.05, 0.1) is 0 Å². The molecule has 0 unspecified atom stereocenters. The van der Waals surface area contributed by atoms with Crippen LogP contribution in [0.2, 0.25) is 31.9 Å². The number of hydrogen-bond donors (Lipinski definition) is 0. The van der Waals surface area contributed by atoms with E-state index >= 15 is 0 Å². The van der Waals surface area contributed by atoms with E-state index in [1.54, 1.807) is 0 Å². The molecule has 0 aromatic rings. The van der Waals surface area contributed by atoms with Gasteiger partial charge in [0.25, 0.3) is 0 Å². The minimum atomic E-state index is 0.744. The molecule has 0 spiro atoms. The summed E-state index contributed by atoms with van der Waals surface area (Å²) in [5.41, 5.74) is 0. The fourth-order valence-corrected chi connectivity index (χ4v) is 23.5.